The number of rotatable bonds is 3. The lowest BCUT2D eigenvalue weighted by Crippen LogP contribution is -2.28. The predicted molar refractivity (Wildman–Crippen MR) is 85.7 cm³/mol. The fourth-order valence-corrected chi connectivity index (χ4v) is 2.11. The number of hydrogen-bond donors (Lipinski definition) is 2. The highest BCUT2D eigenvalue weighted by molar-refractivity contribution is 7.80. The van der Waals surface area contributed by atoms with Crippen LogP contribution < -0.4 is 10.6 Å². The van der Waals surface area contributed by atoms with Crippen molar-refractivity contribution in [1.29, 1.82) is 0 Å². The molecule has 0 atom stereocenters. The molecule has 19 heavy (non-hydrogen) atoms. The maximum Gasteiger partial charge on any atom is 0.171 e. The molecule has 0 saturated carbocycles. The summed E-state index contributed by atoms with van der Waals surface area (Å²) in [5, 5.41) is 7.57. The minimum atomic E-state index is 0.588. The van der Waals surface area contributed by atoms with E-state index in [2.05, 4.69) is 29.7 Å². The maximum absolute atomic E-state index is 5.92. The van der Waals surface area contributed by atoms with E-state index in [4.69, 9.17) is 23.8 Å². The molecule has 2 aromatic rings. The number of benzene rings is 2. The molecule has 2 nitrogen and oxygen atoms in total. The zero-order chi connectivity index (χ0) is 13.7. The Bertz CT molecular complexity index is 584. The quantitative estimate of drug-likeness (QED) is 0.831. The molecule has 0 aliphatic rings. The summed E-state index contributed by atoms with van der Waals surface area (Å²) >= 11 is 11.2. The Morgan fingerprint density at radius 1 is 1.16 bits per heavy atom. The maximum atomic E-state index is 5.92. The monoisotopic (exact) mass is 290 g/mol. The molecule has 0 heterocycles. The van der Waals surface area contributed by atoms with Gasteiger partial charge in [-0.1, -0.05) is 41.9 Å². The first-order valence-corrected chi connectivity index (χ1v) is 6.79. The summed E-state index contributed by atoms with van der Waals surface area (Å²) in [5.74, 6) is 0. The number of thiocarbonyl (C=S) groups is 1. The van der Waals surface area contributed by atoms with Gasteiger partial charge in [0.1, 0.15) is 0 Å². The molecular formula is C15H15ClN2S. The van der Waals surface area contributed by atoms with Gasteiger partial charge in [-0.15, -0.1) is 0 Å². The Balaban J connectivity index is 1.90. The molecule has 0 amide bonds. The summed E-state index contributed by atoms with van der Waals surface area (Å²) in [6.07, 6.45) is 0. The van der Waals surface area contributed by atoms with E-state index in [1.54, 1.807) is 0 Å². The average molecular weight is 291 g/mol. The van der Waals surface area contributed by atoms with Crippen molar-refractivity contribution < 1.29 is 0 Å². The van der Waals surface area contributed by atoms with Gasteiger partial charge in [0.15, 0.2) is 5.11 Å². The standard InChI is InChI=1S/C15H15ClN2S/c1-11-5-2-3-6-12(11)10-17-15(19)18-14-8-4-7-13(16)9-14/h2-9H,10H2,1H3,(H2,17,18,19). The van der Waals surface area contributed by atoms with Gasteiger partial charge in [0.25, 0.3) is 0 Å². The van der Waals surface area contributed by atoms with Crippen LogP contribution in [0.15, 0.2) is 48.5 Å². The van der Waals surface area contributed by atoms with E-state index in [9.17, 15) is 0 Å². The van der Waals surface area contributed by atoms with E-state index in [1.807, 2.05) is 36.4 Å². The van der Waals surface area contributed by atoms with Crippen molar-refractivity contribution in [3.8, 4) is 0 Å². The SMILES string of the molecule is Cc1ccccc1CNC(=S)Nc1cccc(Cl)c1. The Labute approximate surface area is 123 Å². The van der Waals surface area contributed by atoms with Crippen LogP contribution in [0.2, 0.25) is 5.02 Å². The second-order valence-electron chi connectivity index (χ2n) is 4.24. The van der Waals surface area contributed by atoms with Gasteiger partial charge in [-0.05, 0) is 48.5 Å². The summed E-state index contributed by atoms with van der Waals surface area (Å²) < 4.78 is 0. The van der Waals surface area contributed by atoms with Gasteiger partial charge in [-0.2, -0.15) is 0 Å². The van der Waals surface area contributed by atoms with Gasteiger partial charge in [0, 0.05) is 17.3 Å². The smallest absolute Gasteiger partial charge is 0.171 e. The van der Waals surface area contributed by atoms with Crippen LogP contribution in [-0.2, 0) is 6.54 Å². The summed E-state index contributed by atoms with van der Waals surface area (Å²) in [6, 6.07) is 15.7. The molecule has 0 fully saturated rings. The van der Waals surface area contributed by atoms with E-state index in [1.165, 1.54) is 11.1 Å². The fourth-order valence-electron chi connectivity index (χ4n) is 1.73. The van der Waals surface area contributed by atoms with Crippen LogP contribution in [0.4, 0.5) is 5.69 Å². The van der Waals surface area contributed by atoms with Crippen molar-refractivity contribution in [2.24, 2.45) is 0 Å². The molecule has 0 bridgehead atoms. The van der Waals surface area contributed by atoms with Crippen molar-refractivity contribution in [3.05, 3.63) is 64.7 Å². The Morgan fingerprint density at radius 2 is 1.95 bits per heavy atom. The van der Waals surface area contributed by atoms with Crippen molar-refractivity contribution in [2.45, 2.75) is 13.5 Å². The van der Waals surface area contributed by atoms with Crippen LogP contribution >= 0.6 is 23.8 Å². The van der Waals surface area contributed by atoms with Crippen molar-refractivity contribution >= 4 is 34.6 Å². The van der Waals surface area contributed by atoms with E-state index in [-0.39, 0.29) is 0 Å². The van der Waals surface area contributed by atoms with E-state index >= 15 is 0 Å². The minimum Gasteiger partial charge on any atom is -0.358 e. The number of anilines is 1. The van der Waals surface area contributed by atoms with E-state index < -0.39 is 0 Å². The van der Waals surface area contributed by atoms with Gasteiger partial charge in [0.2, 0.25) is 0 Å². The van der Waals surface area contributed by atoms with Gasteiger partial charge in [-0.25, -0.2) is 0 Å². The number of aryl methyl sites for hydroxylation is 1. The zero-order valence-corrected chi connectivity index (χ0v) is 12.2. The predicted octanol–water partition coefficient (Wildman–Crippen LogP) is 4.14. The molecule has 2 aromatic carbocycles. The molecule has 2 rings (SSSR count). The summed E-state index contributed by atoms with van der Waals surface area (Å²) in [4.78, 5) is 0. The third kappa shape index (κ3) is 4.23. The van der Waals surface area contributed by atoms with Crippen LogP contribution in [0.3, 0.4) is 0 Å². The molecule has 98 valence electrons. The summed E-state index contributed by atoms with van der Waals surface area (Å²) in [6.45, 7) is 2.80. The topological polar surface area (TPSA) is 24.1 Å². The van der Waals surface area contributed by atoms with Crippen molar-refractivity contribution in [1.82, 2.24) is 5.32 Å². The third-order valence-electron chi connectivity index (χ3n) is 2.78. The van der Waals surface area contributed by atoms with E-state index in [0.717, 1.165) is 5.69 Å². The van der Waals surface area contributed by atoms with Crippen LogP contribution in [-0.4, -0.2) is 5.11 Å². The van der Waals surface area contributed by atoms with E-state index in [0.29, 0.717) is 16.7 Å². The molecule has 0 unspecified atom stereocenters. The molecule has 0 aliphatic heterocycles. The second-order valence-corrected chi connectivity index (χ2v) is 5.09. The van der Waals surface area contributed by atoms with Crippen molar-refractivity contribution in [3.63, 3.8) is 0 Å². The van der Waals surface area contributed by atoms with Crippen LogP contribution in [0.1, 0.15) is 11.1 Å². The van der Waals surface area contributed by atoms with Gasteiger partial charge < -0.3 is 10.6 Å². The largest absolute Gasteiger partial charge is 0.358 e. The first-order chi connectivity index (χ1) is 9.15. The molecule has 0 spiro atoms. The molecule has 2 N–H and O–H groups in total. The minimum absolute atomic E-state index is 0.588. The molecule has 0 aliphatic carbocycles. The lowest BCUT2D eigenvalue weighted by atomic mass is 10.1. The molecule has 0 aromatic heterocycles. The molecule has 0 radical (unpaired) electrons. The third-order valence-corrected chi connectivity index (χ3v) is 3.26. The van der Waals surface area contributed by atoms with Crippen LogP contribution in [0, 0.1) is 6.92 Å². The first-order valence-electron chi connectivity index (χ1n) is 6.00. The van der Waals surface area contributed by atoms with Crippen LogP contribution in [0.5, 0.6) is 0 Å². The van der Waals surface area contributed by atoms with Gasteiger partial charge in [0.05, 0.1) is 0 Å². The highest BCUT2D eigenvalue weighted by atomic mass is 35.5. The summed E-state index contributed by atoms with van der Waals surface area (Å²) in [7, 11) is 0. The first kappa shape index (κ1) is 13.8. The normalized spacial score (nSPS) is 10.0. The highest BCUT2D eigenvalue weighted by Crippen LogP contribution is 2.14. The highest BCUT2D eigenvalue weighted by Gasteiger charge is 2.00. The number of nitrogens with one attached hydrogen (secondary N) is 2. The lowest BCUT2D eigenvalue weighted by Gasteiger charge is -2.12. The second kappa shape index (κ2) is 6.55. The number of hydrogen-bond acceptors (Lipinski definition) is 1. The Kier molecular flexibility index (Phi) is 4.77. The molecule has 4 heteroatoms. The summed E-state index contributed by atoms with van der Waals surface area (Å²) in [5.41, 5.74) is 3.37. The van der Waals surface area contributed by atoms with Crippen LogP contribution in [0.25, 0.3) is 0 Å². The van der Waals surface area contributed by atoms with Crippen molar-refractivity contribution in [2.75, 3.05) is 5.32 Å². The van der Waals surface area contributed by atoms with Gasteiger partial charge in [-0.3, -0.25) is 0 Å². The fraction of sp³-hybridized carbons (Fsp3) is 0.133. The number of halogens is 1. The lowest BCUT2D eigenvalue weighted by molar-refractivity contribution is 0.915. The molecular weight excluding hydrogens is 276 g/mol. The zero-order valence-electron chi connectivity index (χ0n) is 10.6. The average Bonchev–Trinajstić information content (AvgIpc) is 2.38. The Hall–Kier alpha value is -1.58. The molecule has 0 saturated heterocycles. The van der Waals surface area contributed by atoms with Gasteiger partial charge >= 0.3 is 0 Å². The Morgan fingerprint density at radius 3 is 2.68 bits per heavy atom.